The highest BCUT2D eigenvalue weighted by atomic mass is 35.5. The van der Waals surface area contributed by atoms with Crippen LogP contribution in [0.25, 0.3) is 6.08 Å². The van der Waals surface area contributed by atoms with Gasteiger partial charge in [0.1, 0.15) is 0 Å². The summed E-state index contributed by atoms with van der Waals surface area (Å²) in [6.07, 6.45) is 1.75. The van der Waals surface area contributed by atoms with Crippen LogP contribution in [-0.2, 0) is 9.59 Å². The van der Waals surface area contributed by atoms with E-state index >= 15 is 0 Å². The highest BCUT2D eigenvalue weighted by Gasteiger charge is 2.33. The molecule has 2 amide bonds. The van der Waals surface area contributed by atoms with Crippen molar-refractivity contribution in [2.75, 3.05) is 23.9 Å². The molecule has 0 saturated carbocycles. The fraction of sp³-hybridized carbons (Fsp3) is 0.115. The number of carbonyl (C=O) groups excluding carboxylic acids is 2. The topological polar surface area (TPSA) is 67.9 Å². The number of hydrogen-bond acceptors (Lipinski definition) is 6. The van der Waals surface area contributed by atoms with Gasteiger partial charge in [0.2, 0.25) is 0 Å². The maximum atomic E-state index is 13.1. The van der Waals surface area contributed by atoms with Crippen LogP contribution in [0.3, 0.4) is 0 Å². The summed E-state index contributed by atoms with van der Waals surface area (Å²) in [5.41, 5.74) is 2.93. The fourth-order valence-corrected chi connectivity index (χ4v) is 5.18. The summed E-state index contributed by atoms with van der Waals surface area (Å²) in [5.74, 6) is 0.201. The van der Waals surface area contributed by atoms with Crippen molar-refractivity contribution < 1.29 is 19.1 Å². The van der Waals surface area contributed by atoms with Crippen molar-refractivity contribution in [3.63, 3.8) is 0 Å². The van der Waals surface area contributed by atoms with Crippen LogP contribution in [0, 0.1) is 6.92 Å². The van der Waals surface area contributed by atoms with E-state index in [0.29, 0.717) is 36.5 Å². The van der Waals surface area contributed by atoms with Crippen LogP contribution >= 0.6 is 47.2 Å². The number of benzene rings is 3. The zero-order chi connectivity index (χ0) is 25.8. The SMILES string of the molecule is COc1cc(/C=C2\SC(=S)N(c3cccc(C)c3)C2=O)ccc1OCC(=O)Nc1ccc(Cl)cc1Cl. The molecule has 0 aromatic heterocycles. The normalized spacial score (nSPS) is 14.3. The molecule has 1 fully saturated rings. The van der Waals surface area contributed by atoms with Gasteiger partial charge in [-0.25, -0.2) is 0 Å². The molecule has 1 aliphatic rings. The lowest BCUT2D eigenvalue weighted by Gasteiger charge is -2.14. The number of thiocarbonyl (C=S) groups is 1. The van der Waals surface area contributed by atoms with Crippen molar-refractivity contribution >= 4 is 80.8 Å². The van der Waals surface area contributed by atoms with Gasteiger partial charge in [-0.05, 0) is 66.6 Å². The van der Waals surface area contributed by atoms with Gasteiger partial charge in [-0.15, -0.1) is 0 Å². The van der Waals surface area contributed by atoms with E-state index in [-0.39, 0.29) is 12.5 Å². The summed E-state index contributed by atoms with van der Waals surface area (Å²) >= 11 is 18.7. The monoisotopic (exact) mass is 558 g/mol. The van der Waals surface area contributed by atoms with Crippen LogP contribution in [-0.4, -0.2) is 29.9 Å². The van der Waals surface area contributed by atoms with Crippen LogP contribution < -0.4 is 19.7 Å². The molecule has 0 unspecified atom stereocenters. The standard InChI is InChI=1S/C26H20Cl2N2O4S2/c1-15-4-3-5-18(10-15)30-25(32)23(36-26(30)35)12-16-6-9-21(22(11-16)33-2)34-14-24(31)29-20-8-7-17(27)13-19(20)28/h3-13H,14H2,1-2H3,(H,29,31)/b23-12-. The summed E-state index contributed by atoms with van der Waals surface area (Å²) in [4.78, 5) is 27.4. The lowest BCUT2D eigenvalue weighted by molar-refractivity contribution is -0.118. The van der Waals surface area contributed by atoms with Crippen LogP contribution in [0.1, 0.15) is 11.1 Å². The molecule has 1 N–H and O–H groups in total. The molecule has 0 atom stereocenters. The largest absolute Gasteiger partial charge is 0.493 e. The summed E-state index contributed by atoms with van der Waals surface area (Å²) in [6.45, 7) is 1.70. The van der Waals surface area contributed by atoms with Gasteiger partial charge in [0.25, 0.3) is 11.8 Å². The molecule has 184 valence electrons. The maximum absolute atomic E-state index is 13.1. The Morgan fingerprint density at radius 2 is 1.92 bits per heavy atom. The lowest BCUT2D eigenvalue weighted by Crippen LogP contribution is -2.27. The highest BCUT2D eigenvalue weighted by molar-refractivity contribution is 8.27. The van der Waals surface area contributed by atoms with Crippen molar-refractivity contribution in [2.24, 2.45) is 0 Å². The number of ether oxygens (including phenoxy) is 2. The van der Waals surface area contributed by atoms with Gasteiger partial charge in [-0.1, -0.05) is 65.4 Å². The predicted octanol–water partition coefficient (Wildman–Crippen LogP) is 6.73. The molecule has 1 heterocycles. The quantitative estimate of drug-likeness (QED) is 0.256. The van der Waals surface area contributed by atoms with Crippen LogP contribution in [0.4, 0.5) is 11.4 Å². The second-order valence-corrected chi connectivity index (χ2v) is 10.2. The fourth-order valence-electron chi connectivity index (χ4n) is 3.42. The van der Waals surface area contributed by atoms with Gasteiger partial charge in [-0.2, -0.15) is 0 Å². The number of nitrogens with one attached hydrogen (secondary N) is 1. The van der Waals surface area contributed by atoms with E-state index in [0.717, 1.165) is 16.8 Å². The summed E-state index contributed by atoms with van der Waals surface area (Å²) in [5, 5.41) is 3.47. The van der Waals surface area contributed by atoms with Crippen molar-refractivity contribution in [3.8, 4) is 11.5 Å². The third kappa shape index (κ3) is 6.02. The molecule has 0 bridgehead atoms. The average molecular weight is 559 g/mol. The van der Waals surface area contributed by atoms with Crippen molar-refractivity contribution in [2.45, 2.75) is 6.92 Å². The van der Waals surface area contributed by atoms with Crippen LogP contribution in [0.2, 0.25) is 10.0 Å². The molecule has 3 aromatic rings. The molecule has 10 heteroatoms. The number of amides is 2. The van der Waals surface area contributed by atoms with E-state index < -0.39 is 5.91 Å². The number of nitrogens with zero attached hydrogens (tertiary/aromatic N) is 1. The maximum Gasteiger partial charge on any atom is 0.270 e. The first-order chi connectivity index (χ1) is 17.2. The van der Waals surface area contributed by atoms with Crippen molar-refractivity contribution in [1.82, 2.24) is 0 Å². The molecule has 1 aliphatic heterocycles. The number of aryl methyl sites for hydroxylation is 1. The summed E-state index contributed by atoms with van der Waals surface area (Å²) in [7, 11) is 1.50. The van der Waals surface area contributed by atoms with Gasteiger partial charge in [0.15, 0.2) is 22.4 Å². The third-order valence-corrected chi connectivity index (χ3v) is 6.95. The molecule has 1 saturated heterocycles. The molecular formula is C26H20Cl2N2O4S2. The highest BCUT2D eigenvalue weighted by Crippen LogP contribution is 2.37. The number of anilines is 2. The molecule has 4 rings (SSSR count). The first-order valence-electron chi connectivity index (χ1n) is 10.7. The molecule has 0 aliphatic carbocycles. The predicted molar refractivity (Wildman–Crippen MR) is 150 cm³/mol. The minimum Gasteiger partial charge on any atom is -0.493 e. The minimum absolute atomic E-state index is 0.188. The minimum atomic E-state index is -0.398. The van der Waals surface area contributed by atoms with Gasteiger partial charge in [0.05, 0.1) is 28.4 Å². The summed E-state index contributed by atoms with van der Waals surface area (Å²) in [6, 6.07) is 17.6. The Hall–Kier alpha value is -3.04. The Kier molecular flexibility index (Phi) is 8.21. The van der Waals surface area contributed by atoms with E-state index in [2.05, 4.69) is 5.32 Å². The van der Waals surface area contributed by atoms with E-state index in [1.54, 1.807) is 36.4 Å². The Labute approximate surface area is 228 Å². The Bertz CT molecular complexity index is 1390. The van der Waals surface area contributed by atoms with Gasteiger partial charge in [0, 0.05) is 5.02 Å². The first kappa shape index (κ1) is 26.0. The van der Waals surface area contributed by atoms with E-state index in [1.807, 2.05) is 31.2 Å². The number of methoxy groups -OCH3 is 1. The Morgan fingerprint density at radius 1 is 1.11 bits per heavy atom. The third-order valence-electron chi connectivity index (χ3n) is 5.10. The zero-order valence-electron chi connectivity index (χ0n) is 19.2. The smallest absolute Gasteiger partial charge is 0.270 e. The zero-order valence-corrected chi connectivity index (χ0v) is 22.4. The van der Waals surface area contributed by atoms with E-state index in [1.165, 1.54) is 29.8 Å². The molecule has 6 nitrogen and oxygen atoms in total. The molecule has 36 heavy (non-hydrogen) atoms. The average Bonchev–Trinajstić information content (AvgIpc) is 3.12. The van der Waals surface area contributed by atoms with Crippen LogP contribution in [0.15, 0.2) is 65.6 Å². The van der Waals surface area contributed by atoms with Crippen LogP contribution in [0.5, 0.6) is 11.5 Å². The van der Waals surface area contributed by atoms with E-state index in [4.69, 9.17) is 44.9 Å². The number of halogens is 2. The number of hydrogen-bond donors (Lipinski definition) is 1. The van der Waals surface area contributed by atoms with Crippen molar-refractivity contribution in [1.29, 1.82) is 0 Å². The van der Waals surface area contributed by atoms with Gasteiger partial charge in [-0.3, -0.25) is 14.5 Å². The molecule has 0 radical (unpaired) electrons. The number of carbonyl (C=O) groups is 2. The Morgan fingerprint density at radius 3 is 2.64 bits per heavy atom. The molecular weight excluding hydrogens is 539 g/mol. The first-order valence-corrected chi connectivity index (χ1v) is 12.6. The second kappa shape index (κ2) is 11.3. The van der Waals surface area contributed by atoms with Gasteiger partial charge < -0.3 is 14.8 Å². The Balaban J connectivity index is 1.45. The lowest BCUT2D eigenvalue weighted by atomic mass is 10.1. The molecule has 3 aromatic carbocycles. The molecule has 0 spiro atoms. The van der Waals surface area contributed by atoms with Gasteiger partial charge >= 0.3 is 0 Å². The van der Waals surface area contributed by atoms with E-state index in [9.17, 15) is 9.59 Å². The van der Waals surface area contributed by atoms with Crippen molar-refractivity contribution in [3.05, 3.63) is 86.7 Å². The summed E-state index contributed by atoms with van der Waals surface area (Å²) < 4.78 is 11.6. The number of rotatable bonds is 7. The second-order valence-electron chi connectivity index (χ2n) is 7.73. The number of thioether (sulfide) groups is 1.